The number of aromatic amines is 1. The van der Waals surface area contributed by atoms with Crippen molar-refractivity contribution >= 4 is 159 Å². The zero-order valence-electron chi connectivity index (χ0n) is 42.8. The molecule has 2 aromatic heterocycles. The normalized spacial score (nSPS) is 13.2. The van der Waals surface area contributed by atoms with Gasteiger partial charge in [0.1, 0.15) is 52.7 Å². The Bertz CT molecular complexity index is 5490. The molecule has 7 aromatic carbocycles. The molecule has 0 aliphatic carbocycles. The third kappa shape index (κ3) is 13.7. The van der Waals surface area contributed by atoms with E-state index in [1.807, 2.05) is 0 Å². The van der Waals surface area contributed by atoms with E-state index in [-0.39, 0.29) is 32.7 Å². The molecule has 88 heavy (non-hydrogen) atoms. The molecule has 0 aliphatic rings. The second-order valence-electron chi connectivity index (χ2n) is 17.8. The van der Waals surface area contributed by atoms with Crippen LogP contribution in [0.4, 0.5) is 44.1 Å². The Hall–Kier alpha value is -8.80. The van der Waals surface area contributed by atoms with Gasteiger partial charge in [0, 0.05) is 33.7 Å². The van der Waals surface area contributed by atoms with Crippen molar-refractivity contribution in [1.82, 2.24) is 20.1 Å². The van der Waals surface area contributed by atoms with E-state index in [0.29, 0.717) is 22.9 Å². The summed E-state index contributed by atoms with van der Waals surface area (Å²) >= 11 is 0.729. The number of para-hydroxylation sites is 1. The van der Waals surface area contributed by atoms with Crippen molar-refractivity contribution in [2.24, 2.45) is 30.7 Å². The number of carbonyl (C=O) groups excluding carboxylic acids is 1. The number of anilines is 1. The molecule has 0 aliphatic heterocycles. The Kier molecular flexibility index (Phi) is 16.7. The summed E-state index contributed by atoms with van der Waals surface area (Å²) in [5.74, 6) is -1.91. The molecule has 9 aromatic rings. The maximum Gasteiger partial charge on any atom is 0.319 e. The van der Waals surface area contributed by atoms with Crippen molar-refractivity contribution in [3.05, 3.63) is 120 Å². The molecule has 2 amide bonds. The monoisotopic (exact) mass is 1370 g/mol. The number of hydrogen-bond donors (Lipinski definition) is 11. The van der Waals surface area contributed by atoms with Gasteiger partial charge in [-0.2, -0.15) is 58.9 Å². The van der Waals surface area contributed by atoms with Crippen LogP contribution in [0, 0.1) is 0 Å². The lowest BCUT2D eigenvalue weighted by Gasteiger charge is -2.13. The van der Waals surface area contributed by atoms with Crippen LogP contribution in [0.3, 0.4) is 0 Å². The SMILES string of the molecule is O=C(NCCS(=O)(=O)O)Nc1cc(N=Nc2ccc3c(S(=O)(=O)O)c(N=Nc4c(-c5ccccc5)[nH]n(-c5cc(S(=O)(=O)O)c6cc(S(=O)(=O)O)cc(S(=O)(=O)O)c6c5)c4=O)ccc3c2O)c(S(=O)(=O)O)cc1N=Nc1nc2c(S(=O)(=O)O)cccc2s1. The minimum Gasteiger partial charge on any atom is -0.505 e. The zero-order valence-corrected chi connectivity index (χ0v) is 49.3. The van der Waals surface area contributed by atoms with Crippen molar-refractivity contribution in [2.45, 2.75) is 29.4 Å². The molecule has 0 fully saturated rings. The van der Waals surface area contributed by atoms with E-state index in [0.717, 1.165) is 53.8 Å². The van der Waals surface area contributed by atoms with Crippen molar-refractivity contribution in [3.8, 4) is 22.7 Å². The Morgan fingerprint density at radius 3 is 1.76 bits per heavy atom. The average molecular weight is 1370 g/mol. The number of H-pyrrole nitrogens is 1. The number of phenols is 1. The summed E-state index contributed by atoms with van der Waals surface area (Å²) in [7, 11) is -36.6. The van der Waals surface area contributed by atoms with Gasteiger partial charge < -0.3 is 15.7 Å². The molecule has 0 radical (unpaired) electrons. The largest absolute Gasteiger partial charge is 0.505 e. The van der Waals surface area contributed by atoms with Crippen LogP contribution in [0.5, 0.6) is 5.75 Å². The molecule has 0 atom stereocenters. The smallest absolute Gasteiger partial charge is 0.319 e. The first-order valence-electron chi connectivity index (χ1n) is 23.3. The fourth-order valence-electron chi connectivity index (χ4n) is 8.30. The van der Waals surface area contributed by atoms with Crippen LogP contribution in [0.15, 0.2) is 174 Å². The molecule has 9 rings (SSSR count). The van der Waals surface area contributed by atoms with Crippen LogP contribution in [-0.2, 0) is 70.8 Å². The number of phenolic OH excluding ortho intramolecular Hbond substituents is 1. The Labute approximate surface area is 496 Å². The summed E-state index contributed by atoms with van der Waals surface area (Å²) in [6.07, 6.45) is 0. The lowest BCUT2D eigenvalue weighted by atomic mass is 10.1. The molecule has 35 nitrogen and oxygen atoms in total. The number of fused-ring (bicyclic) bond motifs is 3. The van der Waals surface area contributed by atoms with Crippen molar-refractivity contribution < 1.29 is 101 Å². The molecule has 2 heterocycles. The molecule has 11 N–H and O–H groups in total. The highest BCUT2D eigenvalue weighted by Gasteiger charge is 2.29. The van der Waals surface area contributed by atoms with E-state index in [9.17, 15) is 101 Å². The number of rotatable bonds is 18. The van der Waals surface area contributed by atoms with Gasteiger partial charge >= 0.3 is 6.03 Å². The maximum absolute atomic E-state index is 14.4. The highest BCUT2D eigenvalue weighted by Crippen LogP contribution is 2.44. The minimum atomic E-state index is -5.52. The summed E-state index contributed by atoms with van der Waals surface area (Å²) < 4.78 is 244. The number of nitrogens with one attached hydrogen (secondary N) is 3. The molecular weight excluding hydrogens is 1340 g/mol. The minimum absolute atomic E-state index is 0.123. The third-order valence-electron chi connectivity index (χ3n) is 12.0. The van der Waals surface area contributed by atoms with Crippen LogP contribution in [0.1, 0.15) is 0 Å². The Balaban J connectivity index is 1.14. The summed E-state index contributed by atoms with van der Waals surface area (Å²) in [4.78, 5) is 24.8. The molecule has 0 bridgehead atoms. The first-order chi connectivity index (χ1) is 40.8. The Morgan fingerprint density at radius 2 is 1.14 bits per heavy atom. The molecule has 0 unspecified atom stereocenters. The van der Waals surface area contributed by atoms with Gasteiger partial charge in [-0.3, -0.25) is 41.8 Å². The van der Waals surface area contributed by atoms with E-state index < -0.39 is 191 Å². The number of nitrogens with zero attached hydrogens (tertiary/aromatic N) is 8. The lowest BCUT2D eigenvalue weighted by Crippen LogP contribution is -2.32. The van der Waals surface area contributed by atoms with Crippen LogP contribution < -0.4 is 16.2 Å². The van der Waals surface area contributed by atoms with Gasteiger partial charge in [0.2, 0.25) is 5.13 Å². The van der Waals surface area contributed by atoms with Crippen molar-refractivity contribution in [1.29, 1.82) is 0 Å². The molecule has 0 spiro atoms. The van der Waals surface area contributed by atoms with Crippen LogP contribution in [0.25, 0.3) is 48.7 Å². The molecule has 43 heteroatoms. The molecule has 0 saturated heterocycles. The quantitative estimate of drug-likeness (QED) is 0.0299. The van der Waals surface area contributed by atoms with Crippen LogP contribution in [0.2, 0.25) is 0 Å². The number of aromatic hydroxyl groups is 1. The zero-order chi connectivity index (χ0) is 64.4. The van der Waals surface area contributed by atoms with Gasteiger partial charge in [-0.15, -0.1) is 30.7 Å². The lowest BCUT2D eigenvalue weighted by molar-refractivity contribution is 0.252. The summed E-state index contributed by atoms with van der Waals surface area (Å²) in [6, 6.07) is 16.8. The maximum atomic E-state index is 14.4. The number of carbonyl (C=O) groups is 1. The van der Waals surface area contributed by atoms with E-state index in [1.54, 1.807) is 6.07 Å². The van der Waals surface area contributed by atoms with Gasteiger partial charge in [0.15, 0.2) is 11.4 Å². The Morgan fingerprint density at radius 1 is 0.545 bits per heavy atom. The van der Waals surface area contributed by atoms with Crippen LogP contribution in [-0.4, -0.2) is 129 Å². The number of thiazole rings is 1. The summed E-state index contributed by atoms with van der Waals surface area (Å²) in [6.45, 7) is -0.688. The molecule has 0 saturated carbocycles. The fraction of sp³-hybridized carbons (Fsp3) is 0.0444. The molecule has 460 valence electrons. The van der Waals surface area contributed by atoms with Gasteiger partial charge in [-0.05, 0) is 66.7 Å². The summed E-state index contributed by atoms with van der Waals surface area (Å²) in [5, 5.41) is 38.6. The van der Waals surface area contributed by atoms with E-state index in [4.69, 9.17) is 4.55 Å². The standard InChI is InChI=1S/C45H33N11O24S8/c57-41-24-9-12-29(50-53-40-38(21-5-2-1-3-6-21)55-56(43(40)58)22-15-26-27(35(16-22)85(69,70)71)17-23(83(63,64)65)18-36(26)86(72,73)74)42(88(78,79)80)25(24)10-11-28(41)49-52-32-19-30(47-44(59)46-13-14-82(60,61)62)31(20-37(32)87(75,76)77)51-54-45-48-39-33(81-45)7-4-8-34(39)84(66,67)68/h1-12,15-20,55,57H,13-14H2,(H2,46,47,59)(H,60,61,62)(H,63,64,65)(H,66,67,68)(H,69,70,71)(H,72,73,74)(H,75,76,77)(H,78,79,80). The number of urea groups is 1. The van der Waals surface area contributed by atoms with E-state index in [2.05, 4.69) is 51.4 Å². The predicted octanol–water partition coefficient (Wildman–Crippen LogP) is 7.19. The number of azo groups is 3. The third-order valence-corrected chi connectivity index (χ3v) is 19.0. The number of aromatic nitrogens is 3. The van der Waals surface area contributed by atoms with Gasteiger partial charge in [0.25, 0.3) is 76.4 Å². The van der Waals surface area contributed by atoms with Crippen molar-refractivity contribution in [3.63, 3.8) is 0 Å². The van der Waals surface area contributed by atoms with Gasteiger partial charge in [-0.1, -0.05) is 53.8 Å². The fourth-order valence-corrected chi connectivity index (χ4v) is 13.7. The average Bonchev–Trinajstić information content (AvgIpc) is 1.12. The highest BCUT2D eigenvalue weighted by molar-refractivity contribution is 7.88. The first kappa shape index (κ1) is 63.7. The second kappa shape index (κ2) is 23.0. The highest BCUT2D eigenvalue weighted by atomic mass is 32.2. The van der Waals surface area contributed by atoms with Crippen LogP contribution >= 0.6 is 11.3 Å². The first-order valence-corrected chi connectivity index (χ1v) is 34.3. The van der Waals surface area contributed by atoms with E-state index >= 15 is 0 Å². The number of hydrogen-bond acceptors (Lipinski definition) is 25. The topological polar surface area (TPSA) is 567 Å². The molecular formula is C45H33N11O24S8. The number of amides is 2. The number of benzene rings is 7. The second-order valence-corrected chi connectivity index (χ2v) is 28.7. The predicted molar refractivity (Wildman–Crippen MR) is 306 cm³/mol. The van der Waals surface area contributed by atoms with E-state index in [1.165, 1.54) is 36.4 Å². The van der Waals surface area contributed by atoms with Gasteiger partial charge in [0.05, 0.1) is 32.4 Å². The summed E-state index contributed by atoms with van der Waals surface area (Å²) in [5.41, 5.74) is -6.37. The van der Waals surface area contributed by atoms with Gasteiger partial charge in [-0.25, -0.2) is 14.5 Å². The van der Waals surface area contributed by atoms with Crippen molar-refractivity contribution in [2.75, 3.05) is 17.6 Å².